The highest BCUT2D eigenvalue weighted by Crippen LogP contribution is 2.27. The minimum atomic E-state index is -1.17. The van der Waals surface area contributed by atoms with E-state index in [-0.39, 0.29) is 35.2 Å². The van der Waals surface area contributed by atoms with Crippen LogP contribution in [0.4, 0.5) is 5.69 Å². The molecule has 2 aromatic carbocycles. The molecule has 1 aliphatic heterocycles. The number of nitrogens with zero attached hydrogens (tertiary/aromatic N) is 1. The lowest BCUT2D eigenvalue weighted by Gasteiger charge is -2.17. The van der Waals surface area contributed by atoms with Gasteiger partial charge in [0.05, 0.1) is 17.2 Å². The van der Waals surface area contributed by atoms with Gasteiger partial charge in [-0.2, -0.15) is 0 Å². The van der Waals surface area contributed by atoms with Crippen molar-refractivity contribution < 1.29 is 24.6 Å². The van der Waals surface area contributed by atoms with Crippen LogP contribution in [-0.4, -0.2) is 39.4 Å². The number of benzene rings is 2. The number of carbonyl (C=O) groups excluding carboxylic acids is 2. The molecule has 0 aromatic heterocycles. The average Bonchev–Trinajstić information content (AvgIpc) is 2.98. The molecular formula is C19H18N2O5. The molecule has 1 fully saturated rings. The Bertz CT molecular complexity index is 850. The Morgan fingerprint density at radius 2 is 1.88 bits per heavy atom. The molecule has 1 saturated heterocycles. The van der Waals surface area contributed by atoms with Crippen molar-refractivity contribution in [2.75, 3.05) is 11.9 Å². The van der Waals surface area contributed by atoms with E-state index in [2.05, 4.69) is 5.32 Å². The van der Waals surface area contributed by atoms with E-state index < -0.39 is 11.9 Å². The number of hydrogen-bond donors (Lipinski definition) is 3. The predicted octanol–water partition coefficient (Wildman–Crippen LogP) is 2.08. The summed E-state index contributed by atoms with van der Waals surface area (Å²) in [6.45, 7) is 0.746. The van der Waals surface area contributed by atoms with Crippen molar-refractivity contribution in [3.05, 3.63) is 59.7 Å². The Hall–Kier alpha value is -3.35. The second-order valence-corrected chi connectivity index (χ2v) is 6.19. The lowest BCUT2D eigenvalue weighted by Crippen LogP contribution is -2.28. The minimum absolute atomic E-state index is 0.0782. The highest BCUT2D eigenvalue weighted by atomic mass is 16.4. The number of aromatic carboxylic acids is 1. The van der Waals surface area contributed by atoms with E-state index >= 15 is 0 Å². The SMILES string of the molecule is O=C(O)c1ccc(NC(=O)C2CC(=O)N(Cc3ccccc3)C2)c(O)c1. The number of likely N-dealkylation sites (tertiary alicyclic amines) is 1. The van der Waals surface area contributed by atoms with Crippen LogP contribution in [0.15, 0.2) is 48.5 Å². The zero-order valence-electron chi connectivity index (χ0n) is 13.9. The van der Waals surface area contributed by atoms with Gasteiger partial charge >= 0.3 is 5.97 Å². The van der Waals surface area contributed by atoms with Crippen LogP contribution < -0.4 is 5.32 Å². The van der Waals surface area contributed by atoms with Crippen molar-refractivity contribution in [2.45, 2.75) is 13.0 Å². The van der Waals surface area contributed by atoms with Gasteiger partial charge in [-0.15, -0.1) is 0 Å². The quantitative estimate of drug-likeness (QED) is 0.713. The lowest BCUT2D eigenvalue weighted by atomic mass is 10.1. The molecule has 0 radical (unpaired) electrons. The number of nitrogens with one attached hydrogen (secondary N) is 1. The molecule has 7 heteroatoms. The summed E-state index contributed by atoms with van der Waals surface area (Å²) in [6.07, 6.45) is 0.104. The number of phenols is 1. The van der Waals surface area contributed by atoms with Gasteiger partial charge < -0.3 is 20.4 Å². The summed E-state index contributed by atoms with van der Waals surface area (Å²) in [4.78, 5) is 37.1. The molecule has 7 nitrogen and oxygen atoms in total. The molecule has 3 rings (SSSR count). The Labute approximate surface area is 149 Å². The molecule has 1 unspecified atom stereocenters. The molecule has 2 amide bonds. The van der Waals surface area contributed by atoms with Gasteiger partial charge in [0.2, 0.25) is 11.8 Å². The van der Waals surface area contributed by atoms with Gasteiger partial charge in [-0.3, -0.25) is 9.59 Å². The van der Waals surface area contributed by atoms with Crippen molar-refractivity contribution in [3.63, 3.8) is 0 Å². The summed E-state index contributed by atoms with van der Waals surface area (Å²) < 4.78 is 0. The first kappa shape index (κ1) is 17.5. The van der Waals surface area contributed by atoms with E-state index in [1.807, 2.05) is 30.3 Å². The third kappa shape index (κ3) is 3.83. The number of carboxylic acid groups (broad SMARTS) is 1. The van der Waals surface area contributed by atoms with Gasteiger partial charge in [0.15, 0.2) is 0 Å². The second kappa shape index (κ2) is 7.26. The number of hydrogen-bond acceptors (Lipinski definition) is 4. The van der Waals surface area contributed by atoms with Gasteiger partial charge in [0.25, 0.3) is 0 Å². The van der Waals surface area contributed by atoms with E-state index in [4.69, 9.17) is 5.11 Å². The van der Waals surface area contributed by atoms with Gasteiger partial charge in [0, 0.05) is 19.5 Å². The zero-order chi connectivity index (χ0) is 18.7. The summed E-state index contributed by atoms with van der Waals surface area (Å²) in [5.74, 6) is -2.50. The van der Waals surface area contributed by atoms with Crippen LogP contribution in [0.5, 0.6) is 5.75 Å². The van der Waals surface area contributed by atoms with Crippen LogP contribution in [0.1, 0.15) is 22.3 Å². The van der Waals surface area contributed by atoms with Crippen molar-refractivity contribution in [3.8, 4) is 5.75 Å². The smallest absolute Gasteiger partial charge is 0.335 e. The number of carbonyl (C=O) groups is 3. The molecule has 1 heterocycles. The maximum Gasteiger partial charge on any atom is 0.335 e. The van der Waals surface area contributed by atoms with E-state index in [9.17, 15) is 19.5 Å². The summed E-state index contributed by atoms with van der Waals surface area (Å²) in [5, 5.41) is 21.3. The third-order valence-corrected chi connectivity index (χ3v) is 4.30. The second-order valence-electron chi connectivity index (χ2n) is 6.19. The van der Waals surface area contributed by atoms with Crippen LogP contribution in [-0.2, 0) is 16.1 Å². The van der Waals surface area contributed by atoms with Gasteiger partial charge in [0.1, 0.15) is 5.75 Å². The fourth-order valence-electron chi connectivity index (χ4n) is 2.91. The number of rotatable bonds is 5. The Kier molecular flexibility index (Phi) is 4.88. The monoisotopic (exact) mass is 354 g/mol. The van der Waals surface area contributed by atoms with E-state index in [1.54, 1.807) is 4.90 Å². The first-order valence-corrected chi connectivity index (χ1v) is 8.13. The molecule has 0 saturated carbocycles. The van der Waals surface area contributed by atoms with Crippen molar-refractivity contribution >= 4 is 23.5 Å². The number of amides is 2. The number of carboxylic acids is 1. The topological polar surface area (TPSA) is 107 Å². The van der Waals surface area contributed by atoms with E-state index in [0.29, 0.717) is 13.1 Å². The van der Waals surface area contributed by atoms with Crippen LogP contribution >= 0.6 is 0 Å². The van der Waals surface area contributed by atoms with Gasteiger partial charge in [-0.25, -0.2) is 4.79 Å². The molecule has 0 aliphatic carbocycles. The summed E-state index contributed by atoms with van der Waals surface area (Å²) in [6, 6.07) is 13.2. The summed E-state index contributed by atoms with van der Waals surface area (Å²) in [5.41, 5.74) is 1.03. The maximum atomic E-state index is 12.4. The Morgan fingerprint density at radius 3 is 2.54 bits per heavy atom. The summed E-state index contributed by atoms with van der Waals surface area (Å²) >= 11 is 0. The highest BCUT2D eigenvalue weighted by molar-refractivity contribution is 5.98. The van der Waals surface area contributed by atoms with Gasteiger partial charge in [-0.1, -0.05) is 30.3 Å². The molecule has 1 atom stereocenters. The fraction of sp³-hybridized carbons (Fsp3) is 0.211. The van der Waals surface area contributed by atoms with Gasteiger partial charge in [-0.05, 0) is 23.8 Å². The van der Waals surface area contributed by atoms with E-state index in [0.717, 1.165) is 11.6 Å². The van der Waals surface area contributed by atoms with Crippen LogP contribution in [0, 0.1) is 5.92 Å². The first-order valence-electron chi connectivity index (χ1n) is 8.13. The summed E-state index contributed by atoms with van der Waals surface area (Å²) in [7, 11) is 0. The number of phenolic OH excluding ortho intramolecular Hbond substituents is 1. The number of anilines is 1. The molecule has 0 bridgehead atoms. The van der Waals surface area contributed by atoms with Crippen molar-refractivity contribution in [1.82, 2.24) is 4.90 Å². The highest BCUT2D eigenvalue weighted by Gasteiger charge is 2.34. The molecule has 0 spiro atoms. The molecular weight excluding hydrogens is 336 g/mol. The Morgan fingerprint density at radius 1 is 1.15 bits per heavy atom. The average molecular weight is 354 g/mol. The fourth-order valence-corrected chi connectivity index (χ4v) is 2.91. The third-order valence-electron chi connectivity index (χ3n) is 4.30. The molecule has 1 aliphatic rings. The normalized spacial score (nSPS) is 16.5. The molecule has 134 valence electrons. The zero-order valence-corrected chi connectivity index (χ0v) is 13.9. The molecule has 26 heavy (non-hydrogen) atoms. The first-order chi connectivity index (χ1) is 12.4. The minimum Gasteiger partial charge on any atom is -0.506 e. The van der Waals surface area contributed by atoms with Crippen molar-refractivity contribution in [2.24, 2.45) is 5.92 Å². The number of aromatic hydroxyl groups is 1. The molecule has 2 aromatic rings. The van der Waals surface area contributed by atoms with E-state index in [1.165, 1.54) is 12.1 Å². The van der Waals surface area contributed by atoms with Crippen LogP contribution in [0.25, 0.3) is 0 Å². The van der Waals surface area contributed by atoms with Crippen LogP contribution in [0.2, 0.25) is 0 Å². The molecule has 3 N–H and O–H groups in total. The standard InChI is InChI=1S/C19H18N2O5/c22-16-8-13(19(25)26)6-7-15(16)20-18(24)14-9-17(23)21(11-14)10-12-4-2-1-3-5-12/h1-8,14,22H,9-11H2,(H,20,24)(H,25,26). The van der Waals surface area contributed by atoms with Crippen molar-refractivity contribution in [1.29, 1.82) is 0 Å². The van der Waals surface area contributed by atoms with Crippen LogP contribution in [0.3, 0.4) is 0 Å². The Balaban J connectivity index is 1.64. The maximum absolute atomic E-state index is 12.4. The lowest BCUT2D eigenvalue weighted by molar-refractivity contribution is -0.128. The predicted molar refractivity (Wildman–Crippen MR) is 93.7 cm³/mol. The largest absolute Gasteiger partial charge is 0.506 e.